The number of anilines is 1. The Morgan fingerprint density at radius 3 is 2.23 bits per heavy atom. The molecule has 4 rings (SSSR count). The summed E-state index contributed by atoms with van der Waals surface area (Å²) in [6.45, 7) is 3.10. The fraction of sp³-hybridized carbons (Fsp3) is 0.208. The summed E-state index contributed by atoms with van der Waals surface area (Å²) in [7, 11) is -3.68. The summed E-state index contributed by atoms with van der Waals surface area (Å²) in [6, 6.07) is 22.3. The van der Waals surface area contributed by atoms with Gasteiger partial charge in [-0.2, -0.15) is 4.31 Å². The topological polar surface area (TPSA) is 75.7 Å². The number of ether oxygens (including phenoxy) is 1. The first kappa shape index (κ1) is 21.2. The predicted molar refractivity (Wildman–Crippen MR) is 121 cm³/mol. The van der Waals surface area contributed by atoms with Gasteiger partial charge in [-0.05, 0) is 47.9 Å². The predicted octanol–water partition coefficient (Wildman–Crippen LogP) is 3.94. The lowest BCUT2D eigenvalue weighted by atomic mass is 10.1. The first-order valence-corrected chi connectivity index (χ1v) is 11.5. The van der Waals surface area contributed by atoms with Gasteiger partial charge in [-0.25, -0.2) is 8.42 Å². The SMILES string of the molecule is Cc1ccc(C(=O)Nc2ccc(-c3ccccc3)cc2)cc1S(=O)(=O)N1CCOCC1. The molecule has 1 fully saturated rings. The Morgan fingerprint density at radius 1 is 0.903 bits per heavy atom. The van der Waals surface area contributed by atoms with Gasteiger partial charge < -0.3 is 10.1 Å². The molecule has 0 aromatic heterocycles. The van der Waals surface area contributed by atoms with E-state index < -0.39 is 10.0 Å². The van der Waals surface area contributed by atoms with Gasteiger partial charge in [-0.3, -0.25) is 4.79 Å². The zero-order chi connectivity index (χ0) is 21.8. The van der Waals surface area contributed by atoms with Gasteiger partial charge in [0, 0.05) is 24.3 Å². The summed E-state index contributed by atoms with van der Waals surface area (Å²) < 4.78 is 32.8. The van der Waals surface area contributed by atoms with Crippen molar-refractivity contribution in [3.63, 3.8) is 0 Å². The van der Waals surface area contributed by atoms with Crippen LogP contribution in [-0.4, -0.2) is 44.9 Å². The molecular weight excluding hydrogens is 412 g/mol. The van der Waals surface area contributed by atoms with Crippen molar-refractivity contribution in [2.75, 3.05) is 31.6 Å². The number of hydrogen-bond donors (Lipinski definition) is 1. The maximum atomic E-state index is 13.1. The fourth-order valence-electron chi connectivity index (χ4n) is 3.53. The Hall–Kier alpha value is -3.00. The highest BCUT2D eigenvalue weighted by molar-refractivity contribution is 7.89. The van der Waals surface area contributed by atoms with E-state index in [0.29, 0.717) is 43.1 Å². The molecule has 6 nitrogen and oxygen atoms in total. The van der Waals surface area contributed by atoms with Crippen LogP contribution in [0.1, 0.15) is 15.9 Å². The molecule has 3 aromatic carbocycles. The van der Waals surface area contributed by atoms with Crippen molar-refractivity contribution in [3.05, 3.63) is 83.9 Å². The molecule has 0 unspecified atom stereocenters. The van der Waals surface area contributed by atoms with E-state index >= 15 is 0 Å². The van der Waals surface area contributed by atoms with Gasteiger partial charge in [-0.1, -0.05) is 48.5 Å². The Kier molecular flexibility index (Phi) is 6.18. The Labute approximate surface area is 182 Å². The maximum Gasteiger partial charge on any atom is 0.255 e. The molecule has 1 saturated heterocycles. The third-order valence-corrected chi connectivity index (χ3v) is 7.33. The van der Waals surface area contributed by atoms with Crippen molar-refractivity contribution in [3.8, 4) is 11.1 Å². The van der Waals surface area contributed by atoms with E-state index in [1.54, 1.807) is 19.1 Å². The Bertz CT molecular complexity index is 1170. The van der Waals surface area contributed by atoms with E-state index in [-0.39, 0.29) is 10.8 Å². The second-order valence-electron chi connectivity index (χ2n) is 7.39. The molecule has 1 aliphatic rings. The molecule has 0 bridgehead atoms. The lowest BCUT2D eigenvalue weighted by Gasteiger charge is -2.26. The molecule has 0 spiro atoms. The van der Waals surface area contributed by atoms with Crippen LogP contribution in [0.2, 0.25) is 0 Å². The molecule has 1 heterocycles. The molecule has 1 N–H and O–H groups in total. The molecule has 1 aliphatic heterocycles. The molecule has 0 radical (unpaired) electrons. The van der Waals surface area contributed by atoms with Gasteiger partial charge >= 0.3 is 0 Å². The van der Waals surface area contributed by atoms with Gasteiger partial charge in [-0.15, -0.1) is 0 Å². The molecule has 0 saturated carbocycles. The van der Waals surface area contributed by atoms with E-state index in [4.69, 9.17) is 4.74 Å². The first-order valence-electron chi connectivity index (χ1n) is 10.1. The summed E-state index contributed by atoms with van der Waals surface area (Å²) in [4.78, 5) is 13.0. The van der Waals surface area contributed by atoms with Crippen LogP contribution >= 0.6 is 0 Å². The second kappa shape index (κ2) is 9.01. The molecule has 0 atom stereocenters. The number of carbonyl (C=O) groups excluding carboxylic acids is 1. The van der Waals surface area contributed by atoms with Gasteiger partial charge in [0.1, 0.15) is 0 Å². The summed E-state index contributed by atoms with van der Waals surface area (Å²) in [5.41, 5.74) is 3.69. The quantitative estimate of drug-likeness (QED) is 0.657. The second-order valence-corrected chi connectivity index (χ2v) is 9.30. The van der Waals surface area contributed by atoms with Crippen LogP contribution in [0, 0.1) is 6.92 Å². The number of carbonyl (C=O) groups is 1. The molecular formula is C24H24N2O4S. The van der Waals surface area contributed by atoms with E-state index in [1.807, 2.05) is 54.6 Å². The summed E-state index contributed by atoms with van der Waals surface area (Å²) >= 11 is 0. The molecule has 160 valence electrons. The minimum atomic E-state index is -3.68. The van der Waals surface area contributed by atoms with Gasteiger partial charge in [0.2, 0.25) is 10.0 Å². The van der Waals surface area contributed by atoms with Crippen molar-refractivity contribution < 1.29 is 17.9 Å². The summed E-state index contributed by atoms with van der Waals surface area (Å²) in [6.07, 6.45) is 0. The van der Waals surface area contributed by atoms with Gasteiger partial charge in [0.25, 0.3) is 5.91 Å². The van der Waals surface area contributed by atoms with Crippen molar-refractivity contribution >= 4 is 21.6 Å². The van der Waals surface area contributed by atoms with Crippen molar-refractivity contribution in [1.82, 2.24) is 4.31 Å². The number of nitrogens with one attached hydrogen (secondary N) is 1. The van der Waals surface area contributed by atoms with E-state index in [2.05, 4.69) is 5.32 Å². The fourth-order valence-corrected chi connectivity index (χ4v) is 5.18. The monoisotopic (exact) mass is 436 g/mol. The Balaban J connectivity index is 1.53. The highest BCUT2D eigenvalue weighted by Gasteiger charge is 2.28. The Morgan fingerprint density at radius 2 is 1.55 bits per heavy atom. The van der Waals surface area contributed by atoms with Crippen molar-refractivity contribution in [2.24, 2.45) is 0 Å². The smallest absolute Gasteiger partial charge is 0.255 e. The number of rotatable bonds is 5. The zero-order valence-electron chi connectivity index (χ0n) is 17.2. The average molecular weight is 437 g/mol. The van der Waals surface area contributed by atoms with Crippen molar-refractivity contribution in [1.29, 1.82) is 0 Å². The summed E-state index contributed by atoms with van der Waals surface area (Å²) in [5, 5.41) is 2.85. The van der Waals surface area contributed by atoms with Crippen LogP contribution in [-0.2, 0) is 14.8 Å². The molecule has 1 amide bonds. The number of sulfonamides is 1. The third-order valence-electron chi connectivity index (χ3n) is 5.29. The van der Waals surface area contributed by atoms with Crippen LogP contribution in [0.25, 0.3) is 11.1 Å². The number of nitrogens with zero attached hydrogens (tertiary/aromatic N) is 1. The number of morpholine rings is 1. The largest absolute Gasteiger partial charge is 0.379 e. The molecule has 3 aromatic rings. The average Bonchev–Trinajstić information content (AvgIpc) is 2.81. The molecule has 7 heteroatoms. The minimum Gasteiger partial charge on any atom is -0.379 e. The van der Waals surface area contributed by atoms with E-state index in [1.165, 1.54) is 10.4 Å². The van der Waals surface area contributed by atoms with Crippen LogP contribution in [0.15, 0.2) is 77.7 Å². The maximum absolute atomic E-state index is 13.1. The molecule has 31 heavy (non-hydrogen) atoms. The number of benzene rings is 3. The number of amides is 1. The first-order chi connectivity index (χ1) is 14.9. The summed E-state index contributed by atoms with van der Waals surface area (Å²) in [5.74, 6) is -0.356. The third kappa shape index (κ3) is 4.69. The van der Waals surface area contributed by atoms with Crippen LogP contribution < -0.4 is 5.32 Å². The van der Waals surface area contributed by atoms with Crippen LogP contribution in [0.5, 0.6) is 0 Å². The highest BCUT2D eigenvalue weighted by Crippen LogP contribution is 2.24. The van der Waals surface area contributed by atoms with Crippen LogP contribution in [0.3, 0.4) is 0 Å². The minimum absolute atomic E-state index is 0.154. The van der Waals surface area contributed by atoms with Crippen LogP contribution in [0.4, 0.5) is 5.69 Å². The standard InChI is InChI=1S/C24H24N2O4S/c1-18-7-8-21(17-23(18)31(28,29)26-13-15-30-16-14-26)24(27)25-22-11-9-20(10-12-22)19-5-3-2-4-6-19/h2-12,17H,13-16H2,1H3,(H,25,27). The van der Waals surface area contributed by atoms with E-state index in [9.17, 15) is 13.2 Å². The lowest BCUT2D eigenvalue weighted by Crippen LogP contribution is -2.40. The normalized spacial score (nSPS) is 14.9. The van der Waals surface area contributed by atoms with E-state index in [0.717, 1.165) is 11.1 Å². The number of aryl methyl sites for hydroxylation is 1. The zero-order valence-corrected chi connectivity index (χ0v) is 18.1. The molecule has 0 aliphatic carbocycles. The van der Waals surface area contributed by atoms with Gasteiger partial charge in [0.05, 0.1) is 18.1 Å². The number of hydrogen-bond acceptors (Lipinski definition) is 4. The lowest BCUT2D eigenvalue weighted by molar-refractivity contribution is 0.0730. The highest BCUT2D eigenvalue weighted by atomic mass is 32.2. The van der Waals surface area contributed by atoms with Crippen molar-refractivity contribution in [2.45, 2.75) is 11.8 Å². The van der Waals surface area contributed by atoms with Gasteiger partial charge in [0.15, 0.2) is 0 Å².